The second-order valence-electron chi connectivity index (χ2n) is 7.29. The number of fused-ring (bicyclic) bond motifs is 1. The molecule has 1 aliphatic carbocycles. The van der Waals surface area contributed by atoms with Crippen LogP contribution in [0.2, 0.25) is 5.02 Å². The number of aromatic nitrogens is 3. The lowest BCUT2D eigenvalue weighted by molar-refractivity contribution is -0.134. The average Bonchev–Trinajstić information content (AvgIpc) is 3.06. The monoisotopic (exact) mass is 405 g/mol. The van der Waals surface area contributed by atoms with Gasteiger partial charge in [0.1, 0.15) is 0 Å². The van der Waals surface area contributed by atoms with Gasteiger partial charge in [0.15, 0.2) is 5.82 Å². The Morgan fingerprint density at radius 1 is 1.19 bits per heavy atom. The number of halogens is 1. The van der Waals surface area contributed by atoms with E-state index in [0.717, 1.165) is 24.9 Å². The van der Waals surface area contributed by atoms with E-state index in [1.165, 1.54) is 42.1 Å². The van der Waals surface area contributed by atoms with Gasteiger partial charge >= 0.3 is 0 Å². The van der Waals surface area contributed by atoms with Crippen LogP contribution < -0.4 is 5.84 Å². The van der Waals surface area contributed by atoms with Crippen LogP contribution in [0.25, 0.3) is 11.4 Å². The first-order valence-corrected chi connectivity index (χ1v) is 10.9. The van der Waals surface area contributed by atoms with Crippen molar-refractivity contribution in [3.8, 4) is 11.4 Å². The first-order chi connectivity index (χ1) is 13.1. The van der Waals surface area contributed by atoms with Crippen LogP contribution in [-0.4, -0.2) is 44.0 Å². The van der Waals surface area contributed by atoms with Crippen LogP contribution in [0.4, 0.5) is 0 Å². The van der Waals surface area contributed by atoms with Crippen molar-refractivity contribution in [2.45, 2.75) is 49.7 Å². The van der Waals surface area contributed by atoms with Gasteiger partial charge in [-0.25, -0.2) is 4.68 Å². The van der Waals surface area contributed by atoms with Gasteiger partial charge in [-0.2, -0.15) is 0 Å². The highest BCUT2D eigenvalue weighted by Gasteiger charge is 2.35. The third-order valence-corrected chi connectivity index (χ3v) is 6.93. The Labute approximate surface area is 168 Å². The lowest BCUT2D eigenvalue weighted by Gasteiger charge is -2.44. The Balaban J connectivity index is 1.43. The normalized spacial score (nSPS) is 22.5. The number of amides is 1. The van der Waals surface area contributed by atoms with E-state index in [0.29, 0.717) is 33.7 Å². The van der Waals surface area contributed by atoms with Gasteiger partial charge in [-0.15, -0.1) is 10.2 Å². The molecule has 27 heavy (non-hydrogen) atoms. The van der Waals surface area contributed by atoms with Crippen molar-refractivity contribution in [1.29, 1.82) is 0 Å². The minimum absolute atomic E-state index is 0.180. The largest absolute Gasteiger partial charge is 0.339 e. The quantitative estimate of drug-likeness (QED) is 0.621. The Morgan fingerprint density at radius 3 is 2.81 bits per heavy atom. The molecule has 1 saturated carbocycles. The van der Waals surface area contributed by atoms with Crippen LogP contribution in [0.3, 0.4) is 0 Å². The van der Waals surface area contributed by atoms with Gasteiger partial charge < -0.3 is 10.7 Å². The topological polar surface area (TPSA) is 77.0 Å². The van der Waals surface area contributed by atoms with Crippen molar-refractivity contribution in [1.82, 2.24) is 19.8 Å². The Hall–Kier alpha value is -1.73. The summed E-state index contributed by atoms with van der Waals surface area (Å²) in [7, 11) is 0. The molecule has 0 spiro atoms. The lowest BCUT2D eigenvalue weighted by Crippen LogP contribution is -2.50. The summed E-state index contributed by atoms with van der Waals surface area (Å²) in [5.74, 6) is 7.86. The maximum absolute atomic E-state index is 12.9. The van der Waals surface area contributed by atoms with Gasteiger partial charge in [0.05, 0.1) is 10.8 Å². The van der Waals surface area contributed by atoms with E-state index in [4.69, 9.17) is 17.4 Å². The number of rotatable bonds is 4. The summed E-state index contributed by atoms with van der Waals surface area (Å²) in [5, 5.41) is 9.41. The third-order valence-electron chi connectivity index (χ3n) is 5.67. The fourth-order valence-corrected chi connectivity index (χ4v) is 5.31. The molecule has 6 nitrogen and oxygen atoms in total. The van der Waals surface area contributed by atoms with E-state index in [1.54, 1.807) is 6.07 Å². The smallest absolute Gasteiger partial charge is 0.233 e. The SMILES string of the molecule is Nn1c(SCC(=O)N2CCC[C@H]3CCCC[C@H]32)nnc1-c1ccccc1Cl. The summed E-state index contributed by atoms with van der Waals surface area (Å²) in [4.78, 5) is 15.0. The van der Waals surface area contributed by atoms with Crippen LogP contribution in [0, 0.1) is 5.92 Å². The first-order valence-electron chi connectivity index (χ1n) is 9.53. The zero-order chi connectivity index (χ0) is 18.8. The Bertz CT molecular complexity index is 824. The second-order valence-corrected chi connectivity index (χ2v) is 8.64. The van der Waals surface area contributed by atoms with Gasteiger partial charge in [-0.3, -0.25) is 4.79 Å². The minimum Gasteiger partial charge on any atom is -0.339 e. The molecule has 2 heterocycles. The molecule has 0 radical (unpaired) electrons. The molecule has 2 aliphatic rings. The fourth-order valence-electron chi connectivity index (χ4n) is 4.35. The fraction of sp³-hybridized carbons (Fsp3) is 0.526. The number of nitrogens with two attached hydrogens (primary N) is 1. The Morgan fingerprint density at radius 2 is 1.96 bits per heavy atom. The predicted molar refractivity (Wildman–Crippen MR) is 108 cm³/mol. The van der Waals surface area contributed by atoms with Gasteiger partial charge in [0.25, 0.3) is 0 Å². The van der Waals surface area contributed by atoms with E-state index in [9.17, 15) is 4.79 Å². The van der Waals surface area contributed by atoms with Crippen molar-refractivity contribution in [2.75, 3.05) is 18.1 Å². The number of nitrogens with zero attached hydrogens (tertiary/aromatic N) is 4. The molecule has 1 amide bonds. The highest BCUT2D eigenvalue weighted by Crippen LogP contribution is 2.36. The van der Waals surface area contributed by atoms with E-state index >= 15 is 0 Å². The number of hydrogen-bond acceptors (Lipinski definition) is 5. The number of carbonyl (C=O) groups is 1. The molecule has 0 unspecified atom stereocenters. The molecule has 0 bridgehead atoms. The number of nitrogen functional groups attached to an aromatic ring is 1. The molecule has 2 N–H and O–H groups in total. The molecule has 1 saturated heterocycles. The highest BCUT2D eigenvalue weighted by molar-refractivity contribution is 7.99. The summed E-state index contributed by atoms with van der Waals surface area (Å²) in [6, 6.07) is 7.80. The van der Waals surface area contributed by atoms with Gasteiger partial charge in [0.2, 0.25) is 11.1 Å². The molecule has 2 aromatic rings. The standard InChI is InChI=1S/C19H24ClN5OS/c20-15-9-3-2-8-14(15)18-22-23-19(25(18)21)27-12-17(26)24-11-5-7-13-6-1-4-10-16(13)24/h2-3,8-9,13,16H,1,4-7,10-12,21H2/t13-,16-/m1/s1. The van der Waals surface area contributed by atoms with Crippen molar-refractivity contribution < 1.29 is 4.79 Å². The molecular weight excluding hydrogens is 382 g/mol. The minimum atomic E-state index is 0.180. The molecule has 144 valence electrons. The number of carbonyl (C=O) groups excluding carboxylic acids is 1. The summed E-state index contributed by atoms with van der Waals surface area (Å²) in [5.41, 5.74) is 0.730. The van der Waals surface area contributed by atoms with Gasteiger partial charge in [0, 0.05) is 18.2 Å². The number of benzene rings is 1. The molecule has 4 rings (SSSR count). The number of thioether (sulfide) groups is 1. The lowest BCUT2D eigenvalue weighted by atomic mass is 9.78. The third kappa shape index (κ3) is 3.80. The first kappa shape index (κ1) is 18.6. The highest BCUT2D eigenvalue weighted by atomic mass is 35.5. The number of hydrogen-bond donors (Lipinski definition) is 1. The average molecular weight is 406 g/mol. The van der Waals surface area contributed by atoms with E-state index < -0.39 is 0 Å². The van der Waals surface area contributed by atoms with E-state index in [-0.39, 0.29) is 5.91 Å². The van der Waals surface area contributed by atoms with Crippen molar-refractivity contribution in [3.05, 3.63) is 29.3 Å². The van der Waals surface area contributed by atoms with Crippen LogP contribution in [0.15, 0.2) is 29.4 Å². The second kappa shape index (κ2) is 8.10. The molecule has 2 atom stereocenters. The summed E-state index contributed by atoms with van der Waals surface area (Å²) >= 11 is 7.57. The molecule has 1 aromatic carbocycles. The molecular formula is C19H24ClN5OS. The number of piperidine rings is 1. The van der Waals surface area contributed by atoms with Crippen LogP contribution in [0.1, 0.15) is 38.5 Å². The van der Waals surface area contributed by atoms with E-state index in [1.807, 2.05) is 18.2 Å². The van der Waals surface area contributed by atoms with Crippen LogP contribution >= 0.6 is 23.4 Å². The Kier molecular flexibility index (Phi) is 5.59. The number of likely N-dealkylation sites (tertiary alicyclic amines) is 1. The molecule has 1 aliphatic heterocycles. The predicted octanol–water partition coefficient (Wildman–Crippen LogP) is 3.59. The van der Waals surface area contributed by atoms with Gasteiger partial charge in [-0.05, 0) is 43.7 Å². The summed E-state index contributed by atoms with van der Waals surface area (Å²) < 4.78 is 1.42. The maximum Gasteiger partial charge on any atom is 0.233 e. The van der Waals surface area contributed by atoms with Crippen molar-refractivity contribution >= 4 is 29.3 Å². The summed E-state index contributed by atoms with van der Waals surface area (Å²) in [6.07, 6.45) is 7.32. The van der Waals surface area contributed by atoms with Gasteiger partial charge in [-0.1, -0.05) is 48.3 Å². The zero-order valence-corrected chi connectivity index (χ0v) is 16.8. The van der Waals surface area contributed by atoms with E-state index in [2.05, 4.69) is 15.1 Å². The summed E-state index contributed by atoms with van der Waals surface area (Å²) in [6.45, 7) is 0.876. The molecule has 8 heteroatoms. The van der Waals surface area contributed by atoms with Crippen molar-refractivity contribution in [2.24, 2.45) is 5.92 Å². The maximum atomic E-state index is 12.9. The zero-order valence-electron chi connectivity index (χ0n) is 15.2. The molecule has 2 fully saturated rings. The van der Waals surface area contributed by atoms with Crippen LogP contribution in [-0.2, 0) is 4.79 Å². The van der Waals surface area contributed by atoms with Crippen molar-refractivity contribution in [3.63, 3.8) is 0 Å². The molecule has 1 aromatic heterocycles. The van der Waals surface area contributed by atoms with Crippen LogP contribution in [0.5, 0.6) is 0 Å².